The normalized spacial score (nSPS) is 17.4. The number of carbonyl (C=O) groups excluding carboxylic acids is 4. The minimum atomic E-state index is -0.866. The zero-order chi connectivity index (χ0) is 41.8. The van der Waals surface area contributed by atoms with Crippen molar-refractivity contribution in [1.82, 2.24) is 40.4 Å². The van der Waals surface area contributed by atoms with Crippen molar-refractivity contribution in [3.05, 3.63) is 107 Å². The van der Waals surface area contributed by atoms with Gasteiger partial charge in [0, 0.05) is 25.8 Å². The van der Waals surface area contributed by atoms with Gasteiger partial charge in [-0.2, -0.15) is 11.3 Å². The van der Waals surface area contributed by atoms with E-state index in [2.05, 4.69) is 86.2 Å². The summed E-state index contributed by atoms with van der Waals surface area (Å²) in [5.74, 6) is 0.960. The number of aromatic amines is 2. The Hall–Kier alpha value is -6.52. The molecular weight excluding hydrogens is 785 g/mol. The van der Waals surface area contributed by atoms with Crippen molar-refractivity contribution < 1.29 is 33.4 Å². The number of fused-ring (bicyclic) bond motifs is 1. The maximum absolute atomic E-state index is 13.8. The van der Waals surface area contributed by atoms with Gasteiger partial charge in [-0.25, -0.2) is 19.6 Å². The number of ether oxygens (including phenoxy) is 3. The van der Waals surface area contributed by atoms with E-state index in [1.165, 1.54) is 32.7 Å². The second-order valence-corrected chi connectivity index (χ2v) is 15.6. The average Bonchev–Trinajstić information content (AvgIpc) is 4.14. The number of carbonyl (C=O) groups is 4. The number of hydrogen-bond acceptors (Lipinski definition) is 10. The van der Waals surface area contributed by atoms with Gasteiger partial charge in [0.25, 0.3) is 5.91 Å². The molecule has 6 aromatic rings. The van der Waals surface area contributed by atoms with Gasteiger partial charge in [0.15, 0.2) is 0 Å². The summed E-state index contributed by atoms with van der Waals surface area (Å²) in [6, 6.07) is 20.6. The molecule has 0 saturated carbocycles. The number of alkyl carbamates (subject to hydrolysis) is 2. The Morgan fingerprint density at radius 1 is 0.717 bits per heavy atom. The first-order valence-electron chi connectivity index (χ1n) is 19.8. The van der Waals surface area contributed by atoms with E-state index >= 15 is 0 Å². The average molecular weight is 831 g/mol. The van der Waals surface area contributed by atoms with Gasteiger partial charge in [0.05, 0.1) is 56.7 Å². The van der Waals surface area contributed by atoms with E-state index in [1.54, 1.807) is 22.2 Å². The van der Waals surface area contributed by atoms with Crippen LogP contribution in [0.2, 0.25) is 0 Å². The van der Waals surface area contributed by atoms with E-state index in [0.29, 0.717) is 24.7 Å². The van der Waals surface area contributed by atoms with E-state index in [1.807, 2.05) is 16.8 Å². The summed E-state index contributed by atoms with van der Waals surface area (Å²) >= 11 is 1.46. The van der Waals surface area contributed by atoms with Crippen LogP contribution in [0.4, 0.5) is 9.59 Å². The number of thiophene rings is 1. The number of likely N-dealkylation sites (tertiary alicyclic amines) is 2. The van der Waals surface area contributed by atoms with Crippen molar-refractivity contribution in [2.45, 2.75) is 49.9 Å². The maximum Gasteiger partial charge on any atom is 0.407 e. The van der Waals surface area contributed by atoms with Gasteiger partial charge >= 0.3 is 12.2 Å². The Morgan fingerprint density at radius 2 is 1.27 bits per heavy atom. The van der Waals surface area contributed by atoms with Crippen LogP contribution >= 0.6 is 11.3 Å². The summed E-state index contributed by atoms with van der Waals surface area (Å²) in [7, 11) is 4.02. The van der Waals surface area contributed by atoms with Crippen LogP contribution in [0.5, 0.6) is 0 Å². The summed E-state index contributed by atoms with van der Waals surface area (Å²) in [6.07, 6.45) is 5.40. The molecule has 60 heavy (non-hydrogen) atoms. The molecular formula is C44H46N8O7S. The second-order valence-electron chi connectivity index (χ2n) is 14.9. The number of nitrogens with zero attached hydrogens (tertiary/aromatic N) is 4. The molecule has 2 aliphatic heterocycles. The highest BCUT2D eigenvalue weighted by atomic mass is 32.1. The molecule has 0 aliphatic carbocycles. The monoisotopic (exact) mass is 830 g/mol. The highest BCUT2D eigenvalue weighted by Gasteiger charge is 2.38. The zero-order valence-corrected chi connectivity index (χ0v) is 34.3. The second kappa shape index (κ2) is 17.8. The number of methoxy groups -OCH3 is 3. The van der Waals surface area contributed by atoms with Crippen molar-refractivity contribution in [3.63, 3.8) is 0 Å². The van der Waals surface area contributed by atoms with Crippen LogP contribution in [0.1, 0.15) is 61.0 Å². The van der Waals surface area contributed by atoms with Crippen molar-refractivity contribution in [1.29, 1.82) is 0 Å². The summed E-state index contributed by atoms with van der Waals surface area (Å²) in [5, 5.41) is 11.2. The first kappa shape index (κ1) is 40.3. The van der Waals surface area contributed by atoms with Gasteiger partial charge in [-0.15, -0.1) is 0 Å². The molecule has 0 spiro atoms. The van der Waals surface area contributed by atoms with Gasteiger partial charge in [0.1, 0.15) is 23.7 Å². The number of benzene rings is 3. The van der Waals surface area contributed by atoms with Gasteiger partial charge in [-0.05, 0) is 87.7 Å². The first-order valence-corrected chi connectivity index (χ1v) is 20.7. The Labute approximate surface area is 350 Å². The van der Waals surface area contributed by atoms with Crippen LogP contribution in [0.15, 0.2) is 89.9 Å². The highest BCUT2D eigenvalue weighted by molar-refractivity contribution is 7.08. The Balaban J connectivity index is 0.938. The van der Waals surface area contributed by atoms with E-state index in [9.17, 15) is 19.2 Å². The van der Waals surface area contributed by atoms with E-state index in [0.717, 1.165) is 75.7 Å². The lowest BCUT2D eigenvalue weighted by molar-refractivity contribution is -0.136. The quantitative estimate of drug-likeness (QED) is 0.0996. The molecule has 4 amide bonds. The smallest absolute Gasteiger partial charge is 0.407 e. The first-order chi connectivity index (χ1) is 29.2. The number of nitrogens with one attached hydrogen (secondary N) is 4. The molecule has 3 aromatic heterocycles. The molecule has 310 valence electrons. The lowest BCUT2D eigenvalue weighted by Gasteiger charge is -2.28. The van der Waals surface area contributed by atoms with Crippen LogP contribution in [0, 0.1) is 0 Å². The maximum atomic E-state index is 13.8. The van der Waals surface area contributed by atoms with Gasteiger partial charge < -0.3 is 44.6 Å². The van der Waals surface area contributed by atoms with Crippen molar-refractivity contribution in [2.24, 2.45) is 0 Å². The Bertz CT molecular complexity index is 2480. The fourth-order valence-electron chi connectivity index (χ4n) is 8.18. The van der Waals surface area contributed by atoms with E-state index in [-0.39, 0.29) is 30.5 Å². The number of hydrogen-bond donors (Lipinski definition) is 4. The van der Waals surface area contributed by atoms with Crippen LogP contribution in [0.25, 0.3) is 44.4 Å². The van der Waals surface area contributed by atoms with Gasteiger partial charge in [0.2, 0.25) is 5.91 Å². The van der Waals surface area contributed by atoms with Crippen LogP contribution in [0.3, 0.4) is 0 Å². The third-order valence-electron chi connectivity index (χ3n) is 11.3. The van der Waals surface area contributed by atoms with Crippen LogP contribution in [-0.2, 0) is 23.8 Å². The predicted octanol–water partition coefficient (Wildman–Crippen LogP) is 7.14. The predicted molar refractivity (Wildman–Crippen MR) is 226 cm³/mol. The van der Waals surface area contributed by atoms with E-state index in [4.69, 9.17) is 19.2 Å². The van der Waals surface area contributed by atoms with Crippen LogP contribution in [-0.4, -0.2) is 101 Å². The third-order valence-corrected chi connectivity index (χ3v) is 12.0. The van der Waals surface area contributed by atoms with Crippen molar-refractivity contribution in [2.75, 3.05) is 41.0 Å². The number of aromatic nitrogens is 4. The minimum absolute atomic E-state index is 0.0282. The van der Waals surface area contributed by atoms with Gasteiger partial charge in [-0.1, -0.05) is 48.5 Å². The molecule has 16 heteroatoms. The largest absolute Gasteiger partial charge is 0.453 e. The standard InChI is InChI=1S/C44H46N8O7S/c1-57-24-35(49-43(55)58-2)41(53)51-17-4-6-36(51)39-46-23-34(48-39)31-15-14-29-20-28(12-13-30(29)21-31)26-8-10-27(11-9-26)33-22-45-40(47-33)37-7-5-18-52(37)42(54)38(50-44(56)59-3)32-16-19-60-25-32/h8-16,19-23,25,35-38H,4-7,17-18,24H2,1-3H3,(H,45,47)(H,46,48)(H,49,55)(H,50,56)/t35-,36-,37-,38+/m0/s1. The fourth-order valence-corrected chi connectivity index (χ4v) is 8.87. The number of H-pyrrole nitrogens is 2. The molecule has 0 radical (unpaired) electrons. The molecule has 2 saturated heterocycles. The van der Waals surface area contributed by atoms with E-state index < -0.39 is 24.3 Å². The fraction of sp³-hybridized carbons (Fsp3) is 0.318. The molecule has 15 nitrogen and oxygen atoms in total. The number of rotatable bonds is 12. The molecule has 3 aromatic carbocycles. The molecule has 0 unspecified atom stereocenters. The van der Waals surface area contributed by atoms with Gasteiger partial charge in [-0.3, -0.25) is 9.59 Å². The Kier molecular flexibility index (Phi) is 11.9. The SMILES string of the molecule is COC[C@H](NC(=O)OC)C(=O)N1CCC[C@H]1c1ncc(-c2ccc3cc(-c4ccc(-c5cnc([C@@H]6CCCN6C(=O)[C@H](NC(=O)OC)c6ccsc6)[nH]5)cc4)ccc3c2)[nH]1. The van der Waals surface area contributed by atoms with Crippen molar-refractivity contribution in [3.8, 4) is 33.6 Å². The molecule has 4 atom stereocenters. The summed E-state index contributed by atoms with van der Waals surface area (Å²) in [5.41, 5.74) is 6.51. The summed E-state index contributed by atoms with van der Waals surface area (Å²) in [4.78, 5) is 71.2. The lowest BCUT2D eigenvalue weighted by atomic mass is 9.98. The zero-order valence-electron chi connectivity index (χ0n) is 33.5. The number of amides is 4. The molecule has 2 fully saturated rings. The number of imidazole rings is 2. The molecule has 4 N–H and O–H groups in total. The Morgan fingerprint density at radius 3 is 1.87 bits per heavy atom. The summed E-state index contributed by atoms with van der Waals surface area (Å²) < 4.78 is 14.7. The lowest BCUT2D eigenvalue weighted by Crippen LogP contribution is -2.50. The molecule has 8 rings (SSSR count). The molecule has 2 aliphatic rings. The van der Waals surface area contributed by atoms with Crippen LogP contribution < -0.4 is 10.6 Å². The molecule has 0 bridgehead atoms. The summed E-state index contributed by atoms with van der Waals surface area (Å²) in [6.45, 7) is 1.14. The molecule has 5 heterocycles. The highest BCUT2D eigenvalue weighted by Crippen LogP contribution is 2.36. The van der Waals surface area contributed by atoms with Crippen molar-refractivity contribution >= 4 is 46.1 Å². The topological polar surface area (TPSA) is 184 Å². The third kappa shape index (κ3) is 8.33. The minimum Gasteiger partial charge on any atom is -0.453 e.